The Bertz CT molecular complexity index is 1050. The minimum absolute atomic E-state index is 0. The normalized spacial score (nSPS) is 17.1. The molecule has 3 aromatic rings. The third kappa shape index (κ3) is 3.51. The molecule has 1 atom stereocenters. The van der Waals surface area contributed by atoms with Crippen molar-refractivity contribution in [2.45, 2.75) is 34.1 Å². The Morgan fingerprint density at radius 2 is 1.48 bits per heavy atom. The van der Waals surface area contributed by atoms with Gasteiger partial charge in [0.1, 0.15) is 0 Å². The predicted octanol–water partition coefficient (Wildman–Crippen LogP) is 8.44. The molecule has 0 aromatic heterocycles. The maximum atomic E-state index is 3.79. The molecule has 148 valence electrons. The van der Waals surface area contributed by atoms with Crippen molar-refractivity contribution in [2.75, 3.05) is 0 Å². The Hall–Kier alpha value is -3.12. The first kappa shape index (κ1) is 22.2. The van der Waals surface area contributed by atoms with Crippen LogP contribution in [0.25, 0.3) is 16.7 Å². The van der Waals surface area contributed by atoms with Crippen LogP contribution in [0.2, 0.25) is 0 Å². The molecule has 0 nitrogen and oxygen atoms in total. The quantitative estimate of drug-likeness (QED) is 0.398. The molecule has 0 N–H and O–H groups in total. The van der Waals surface area contributed by atoms with Gasteiger partial charge in [-0.25, -0.2) is 0 Å². The molecule has 0 bridgehead atoms. The molecule has 0 saturated heterocycles. The zero-order valence-electron chi connectivity index (χ0n) is 15.9. The number of rotatable bonds is 4. The van der Waals surface area contributed by atoms with Crippen LogP contribution in [-0.4, -0.2) is 0 Å². The van der Waals surface area contributed by atoms with Crippen LogP contribution in [0.5, 0.6) is 0 Å². The second-order valence-corrected chi connectivity index (χ2v) is 7.14. The van der Waals surface area contributed by atoms with E-state index in [2.05, 4.69) is 105 Å². The van der Waals surface area contributed by atoms with Gasteiger partial charge in [0.2, 0.25) is 0 Å². The lowest BCUT2D eigenvalue weighted by Gasteiger charge is -2.28. The van der Waals surface area contributed by atoms with Gasteiger partial charge in [0.25, 0.3) is 0 Å². The van der Waals surface area contributed by atoms with E-state index in [1.165, 1.54) is 39.0 Å². The van der Waals surface area contributed by atoms with Gasteiger partial charge in [-0.1, -0.05) is 112 Å². The minimum atomic E-state index is -0.149. The Labute approximate surface area is 176 Å². The van der Waals surface area contributed by atoms with Crippen molar-refractivity contribution in [3.63, 3.8) is 0 Å². The van der Waals surface area contributed by atoms with Crippen LogP contribution in [0, 0.1) is 0 Å². The summed E-state index contributed by atoms with van der Waals surface area (Å²) in [7, 11) is 0. The average molecular weight is 381 g/mol. The number of allylic oxidation sites excluding steroid dienone is 5. The van der Waals surface area contributed by atoms with E-state index in [4.69, 9.17) is 0 Å². The summed E-state index contributed by atoms with van der Waals surface area (Å²) in [5.74, 6) is 0. The highest BCUT2D eigenvalue weighted by Gasteiger charge is 2.40. The van der Waals surface area contributed by atoms with Crippen LogP contribution in [0.3, 0.4) is 0 Å². The minimum Gasteiger partial charge on any atom is -0.0991 e. The van der Waals surface area contributed by atoms with Gasteiger partial charge in [-0.15, -0.1) is 0 Å². The van der Waals surface area contributed by atoms with E-state index in [1.807, 2.05) is 12.2 Å². The molecule has 0 amide bonds. The van der Waals surface area contributed by atoms with Crippen LogP contribution in [-0.2, 0) is 5.41 Å². The number of hydrogen-bond acceptors (Lipinski definition) is 0. The van der Waals surface area contributed by atoms with Gasteiger partial charge < -0.3 is 0 Å². The molecule has 0 spiro atoms. The summed E-state index contributed by atoms with van der Waals surface area (Å²) in [4.78, 5) is 0. The standard InChI is InChI=1S/C27H24.2CH4/c1-4-6-12-20(5-2)21-17-18-24-23-15-10-11-16-25(23)27(3,26(24)19-21)22-13-8-7-9-14-22;;/h4-19H,1H2,2-3H3;2*1H4/b12-6-,20-5+;;. The smallest absolute Gasteiger partial charge is 0.0435 e. The van der Waals surface area contributed by atoms with Crippen molar-refractivity contribution in [1.82, 2.24) is 0 Å². The second-order valence-electron chi connectivity index (χ2n) is 7.14. The summed E-state index contributed by atoms with van der Waals surface area (Å²) < 4.78 is 0. The van der Waals surface area contributed by atoms with Crippen molar-refractivity contribution >= 4 is 5.57 Å². The zero-order valence-corrected chi connectivity index (χ0v) is 15.9. The molecular formula is C29H32. The van der Waals surface area contributed by atoms with E-state index in [0.29, 0.717) is 0 Å². The van der Waals surface area contributed by atoms with Crippen LogP contribution >= 0.6 is 0 Å². The first-order valence-corrected chi connectivity index (χ1v) is 9.46. The first-order valence-electron chi connectivity index (χ1n) is 9.46. The van der Waals surface area contributed by atoms with Gasteiger partial charge in [0.15, 0.2) is 0 Å². The van der Waals surface area contributed by atoms with E-state index in [-0.39, 0.29) is 20.3 Å². The second kappa shape index (κ2) is 8.92. The molecule has 0 radical (unpaired) electrons. The summed E-state index contributed by atoms with van der Waals surface area (Å²) in [6, 6.07) is 26.5. The van der Waals surface area contributed by atoms with Gasteiger partial charge >= 0.3 is 0 Å². The van der Waals surface area contributed by atoms with Crippen molar-refractivity contribution in [3.8, 4) is 11.1 Å². The van der Waals surface area contributed by atoms with Crippen LogP contribution in [0.4, 0.5) is 0 Å². The van der Waals surface area contributed by atoms with Crippen molar-refractivity contribution in [3.05, 3.63) is 126 Å². The first-order chi connectivity index (χ1) is 13.2. The molecule has 4 rings (SSSR count). The monoisotopic (exact) mass is 380 g/mol. The molecule has 29 heavy (non-hydrogen) atoms. The summed E-state index contributed by atoms with van der Waals surface area (Å²) >= 11 is 0. The summed E-state index contributed by atoms with van der Waals surface area (Å²) in [6.07, 6.45) is 8.09. The topological polar surface area (TPSA) is 0 Å². The summed E-state index contributed by atoms with van der Waals surface area (Å²) in [5, 5.41) is 0. The molecular weight excluding hydrogens is 348 g/mol. The van der Waals surface area contributed by atoms with Crippen LogP contribution < -0.4 is 0 Å². The number of benzene rings is 3. The van der Waals surface area contributed by atoms with Gasteiger partial charge in [-0.2, -0.15) is 0 Å². The lowest BCUT2D eigenvalue weighted by Crippen LogP contribution is -2.22. The van der Waals surface area contributed by atoms with E-state index in [9.17, 15) is 0 Å². The molecule has 1 aliphatic rings. The molecule has 0 fully saturated rings. The predicted molar refractivity (Wildman–Crippen MR) is 130 cm³/mol. The molecule has 1 unspecified atom stereocenters. The fourth-order valence-electron chi connectivity index (χ4n) is 4.28. The highest BCUT2D eigenvalue weighted by Crippen LogP contribution is 2.52. The Morgan fingerprint density at radius 3 is 2.17 bits per heavy atom. The molecule has 1 aliphatic carbocycles. The zero-order chi connectivity index (χ0) is 18.9. The number of fused-ring (bicyclic) bond motifs is 3. The average Bonchev–Trinajstić information content (AvgIpc) is 2.99. The number of hydrogen-bond donors (Lipinski definition) is 0. The largest absolute Gasteiger partial charge is 0.0991 e. The van der Waals surface area contributed by atoms with E-state index >= 15 is 0 Å². The molecule has 0 aliphatic heterocycles. The fraction of sp³-hybridized carbons (Fsp3) is 0.172. The Kier molecular flexibility index (Phi) is 6.82. The van der Waals surface area contributed by atoms with Crippen LogP contribution in [0.15, 0.2) is 104 Å². The van der Waals surface area contributed by atoms with E-state index in [0.717, 1.165) is 0 Å². The SMILES string of the molecule is C.C.C=C/C=C\C(=C/C)c1ccc2c(c1)C(C)(c1ccccc1)c1ccccc1-2. The van der Waals surface area contributed by atoms with Gasteiger partial charge in [-0.3, -0.25) is 0 Å². The third-order valence-corrected chi connectivity index (χ3v) is 5.72. The summed E-state index contributed by atoms with van der Waals surface area (Å²) in [6.45, 7) is 8.23. The molecule has 3 aromatic carbocycles. The van der Waals surface area contributed by atoms with Gasteiger partial charge in [0, 0.05) is 5.41 Å². The van der Waals surface area contributed by atoms with E-state index < -0.39 is 0 Å². The molecule has 0 saturated carbocycles. The fourth-order valence-corrected chi connectivity index (χ4v) is 4.28. The maximum absolute atomic E-state index is 3.79. The van der Waals surface area contributed by atoms with Crippen molar-refractivity contribution in [2.24, 2.45) is 0 Å². The van der Waals surface area contributed by atoms with Crippen LogP contribution in [0.1, 0.15) is 51.0 Å². The molecule has 0 heteroatoms. The highest BCUT2D eigenvalue weighted by molar-refractivity contribution is 5.86. The van der Waals surface area contributed by atoms with Crippen molar-refractivity contribution < 1.29 is 0 Å². The van der Waals surface area contributed by atoms with E-state index in [1.54, 1.807) is 0 Å². The van der Waals surface area contributed by atoms with Gasteiger partial charge in [0.05, 0.1) is 0 Å². The Morgan fingerprint density at radius 1 is 0.828 bits per heavy atom. The maximum Gasteiger partial charge on any atom is 0.0435 e. The lowest BCUT2D eigenvalue weighted by atomic mass is 9.74. The lowest BCUT2D eigenvalue weighted by molar-refractivity contribution is 0.713. The summed E-state index contributed by atoms with van der Waals surface area (Å²) in [5.41, 5.74) is 9.07. The Balaban J connectivity index is 0.00000150. The third-order valence-electron chi connectivity index (χ3n) is 5.72. The molecule has 0 heterocycles. The van der Waals surface area contributed by atoms with Crippen molar-refractivity contribution in [1.29, 1.82) is 0 Å². The highest BCUT2D eigenvalue weighted by atomic mass is 14.4. The van der Waals surface area contributed by atoms with Gasteiger partial charge in [-0.05, 0) is 58.9 Å².